The quantitative estimate of drug-likeness (QED) is 0.729. The van der Waals surface area contributed by atoms with Gasteiger partial charge in [-0.2, -0.15) is 0 Å². The zero-order valence-corrected chi connectivity index (χ0v) is 10.6. The van der Waals surface area contributed by atoms with Gasteiger partial charge < -0.3 is 9.84 Å². The van der Waals surface area contributed by atoms with Gasteiger partial charge in [-0.15, -0.1) is 0 Å². The Bertz CT molecular complexity index is 327. The van der Waals surface area contributed by atoms with Crippen LogP contribution in [0.3, 0.4) is 0 Å². The predicted octanol–water partition coefficient (Wildman–Crippen LogP) is 3.70. The fourth-order valence-corrected chi connectivity index (χ4v) is 1.93. The minimum atomic E-state index is -0.299. The number of benzene rings is 1. The van der Waals surface area contributed by atoms with Crippen LogP contribution in [0.25, 0.3) is 0 Å². The van der Waals surface area contributed by atoms with Crippen LogP contribution in [-0.2, 0) is 0 Å². The number of hydrogen-bond acceptors (Lipinski definition) is 2. The number of aliphatic hydroxyl groups excluding tert-OH is 1. The normalized spacial score (nSPS) is 16.8. The molecule has 2 nitrogen and oxygen atoms in total. The molecular weight excluding hydrogens is 212 g/mol. The summed E-state index contributed by atoms with van der Waals surface area (Å²) in [7, 11) is 0. The van der Waals surface area contributed by atoms with E-state index < -0.39 is 0 Å². The maximum atomic E-state index is 10.00. The van der Waals surface area contributed by atoms with Crippen molar-refractivity contribution >= 4 is 0 Å². The van der Waals surface area contributed by atoms with E-state index in [9.17, 15) is 5.11 Å². The average molecular weight is 234 g/mol. The Balaban J connectivity index is 1.83. The molecule has 0 saturated heterocycles. The van der Waals surface area contributed by atoms with Crippen LogP contribution < -0.4 is 4.74 Å². The fraction of sp³-hybridized carbons (Fsp3) is 0.600. The molecule has 1 saturated carbocycles. The Kier molecular flexibility index (Phi) is 4.43. The molecule has 0 bridgehead atoms. The second-order valence-electron chi connectivity index (χ2n) is 4.97. The van der Waals surface area contributed by atoms with Gasteiger partial charge in [0.2, 0.25) is 0 Å². The average Bonchev–Trinajstić information content (AvgIpc) is 3.14. The Labute approximate surface area is 104 Å². The van der Waals surface area contributed by atoms with E-state index in [1.165, 1.54) is 12.8 Å². The first-order valence-corrected chi connectivity index (χ1v) is 6.70. The van der Waals surface area contributed by atoms with Gasteiger partial charge in [0, 0.05) is 0 Å². The third-order valence-electron chi connectivity index (χ3n) is 3.29. The van der Waals surface area contributed by atoms with Crippen molar-refractivity contribution in [3.8, 4) is 5.75 Å². The summed E-state index contributed by atoms with van der Waals surface area (Å²) in [5.74, 6) is 1.66. The van der Waals surface area contributed by atoms with Crippen molar-refractivity contribution in [1.82, 2.24) is 0 Å². The molecule has 2 heteroatoms. The van der Waals surface area contributed by atoms with Gasteiger partial charge in [0.1, 0.15) is 5.75 Å². The molecule has 1 aromatic rings. The van der Waals surface area contributed by atoms with Gasteiger partial charge in [0.25, 0.3) is 0 Å². The highest BCUT2D eigenvalue weighted by Gasteiger charge is 2.25. The van der Waals surface area contributed by atoms with Crippen LogP contribution in [0.2, 0.25) is 0 Å². The first-order valence-electron chi connectivity index (χ1n) is 6.70. The van der Waals surface area contributed by atoms with E-state index >= 15 is 0 Å². The zero-order valence-electron chi connectivity index (χ0n) is 10.6. The van der Waals surface area contributed by atoms with Crippen LogP contribution >= 0.6 is 0 Å². The standard InChI is InChI=1S/C15H22O2/c1-2-3-10-17-14-8-6-13(7-9-14)15(16)11-12-4-5-12/h6-9,12,15-16H,2-5,10-11H2,1H3. The summed E-state index contributed by atoms with van der Waals surface area (Å²) >= 11 is 0. The van der Waals surface area contributed by atoms with Crippen LogP contribution in [0.5, 0.6) is 5.75 Å². The first kappa shape index (κ1) is 12.4. The smallest absolute Gasteiger partial charge is 0.119 e. The maximum absolute atomic E-state index is 10.00. The highest BCUT2D eigenvalue weighted by Crippen LogP contribution is 2.37. The molecule has 1 N–H and O–H groups in total. The van der Waals surface area contributed by atoms with Crippen molar-refractivity contribution in [2.75, 3.05) is 6.61 Å². The number of unbranched alkanes of at least 4 members (excludes halogenated alkanes) is 1. The molecule has 1 aliphatic carbocycles. The molecule has 1 unspecified atom stereocenters. The fourth-order valence-electron chi connectivity index (χ4n) is 1.93. The topological polar surface area (TPSA) is 29.5 Å². The summed E-state index contributed by atoms with van der Waals surface area (Å²) in [4.78, 5) is 0. The molecule has 0 spiro atoms. The minimum Gasteiger partial charge on any atom is -0.494 e. The number of ether oxygens (including phenoxy) is 1. The molecule has 2 rings (SSSR count). The molecule has 1 atom stereocenters. The summed E-state index contributed by atoms with van der Waals surface area (Å²) in [6.45, 7) is 2.93. The van der Waals surface area contributed by atoms with Crippen molar-refractivity contribution in [3.63, 3.8) is 0 Å². The third kappa shape index (κ3) is 4.04. The summed E-state index contributed by atoms with van der Waals surface area (Å²) in [5.41, 5.74) is 1.01. The molecule has 0 aliphatic heterocycles. The van der Waals surface area contributed by atoms with Crippen LogP contribution in [0.15, 0.2) is 24.3 Å². The lowest BCUT2D eigenvalue weighted by Gasteiger charge is -2.11. The van der Waals surface area contributed by atoms with E-state index in [-0.39, 0.29) is 6.10 Å². The van der Waals surface area contributed by atoms with Crippen LogP contribution in [-0.4, -0.2) is 11.7 Å². The lowest BCUT2D eigenvalue weighted by molar-refractivity contribution is 0.160. The summed E-state index contributed by atoms with van der Waals surface area (Å²) < 4.78 is 5.59. The van der Waals surface area contributed by atoms with Gasteiger partial charge in [-0.25, -0.2) is 0 Å². The minimum absolute atomic E-state index is 0.299. The number of hydrogen-bond donors (Lipinski definition) is 1. The molecule has 1 aliphatic rings. The number of rotatable bonds is 7. The molecule has 0 aromatic heterocycles. The van der Waals surface area contributed by atoms with E-state index in [0.717, 1.165) is 43.1 Å². The van der Waals surface area contributed by atoms with Gasteiger partial charge in [-0.05, 0) is 36.5 Å². The molecule has 94 valence electrons. The molecule has 17 heavy (non-hydrogen) atoms. The van der Waals surface area contributed by atoms with Crippen molar-refractivity contribution in [2.24, 2.45) is 5.92 Å². The van der Waals surface area contributed by atoms with Gasteiger partial charge in [-0.1, -0.05) is 38.3 Å². The van der Waals surface area contributed by atoms with E-state index in [0.29, 0.717) is 0 Å². The van der Waals surface area contributed by atoms with E-state index in [1.54, 1.807) is 0 Å². The van der Waals surface area contributed by atoms with Crippen LogP contribution in [0.1, 0.15) is 50.7 Å². The Morgan fingerprint density at radius 3 is 2.59 bits per heavy atom. The third-order valence-corrected chi connectivity index (χ3v) is 3.29. The van der Waals surface area contributed by atoms with Gasteiger partial charge in [0.05, 0.1) is 12.7 Å². The van der Waals surface area contributed by atoms with Crippen molar-refractivity contribution < 1.29 is 9.84 Å². The van der Waals surface area contributed by atoms with Crippen molar-refractivity contribution in [2.45, 2.75) is 45.1 Å². The predicted molar refractivity (Wildman–Crippen MR) is 69.1 cm³/mol. The van der Waals surface area contributed by atoms with Crippen molar-refractivity contribution in [1.29, 1.82) is 0 Å². The second-order valence-corrected chi connectivity index (χ2v) is 4.97. The zero-order chi connectivity index (χ0) is 12.1. The second kappa shape index (κ2) is 6.06. The summed E-state index contributed by atoms with van der Waals surface area (Å²) in [6.07, 6.45) is 5.43. The van der Waals surface area contributed by atoms with E-state index in [1.807, 2.05) is 24.3 Å². The molecule has 1 fully saturated rings. The van der Waals surface area contributed by atoms with E-state index in [4.69, 9.17) is 4.74 Å². The molecule has 0 radical (unpaired) electrons. The molecule has 0 heterocycles. The number of aliphatic hydroxyl groups is 1. The monoisotopic (exact) mass is 234 g/mol. The van der Waals surface area contributed by atoms with Crippen LogP contribution in [0.4, 0.5) is 0 Å². The van der Waals surface area contributed by atoms with E-state index in [2.05, 4.69) is 6.92 Å². The van der Waals surface area contributed by atoms with Gasteiger partial charge >= 0.3 is 0 Å². The van der Waals surface area contributed by atoms with Crippen LogP contribution in [0, 0.1) is 5.92 Å². The summed E-state index contributed by atoms with van der Waals surface area (Å²) in [5, 5.41) is 10.00. The van der Waals surface area contributed by atoms with Gasteiger partial charge in [0.15, 0.2) is 0 Å². The Morgan fingerprint density at radius 1 is 1.29 bits per heavy atom. The Hall–Kier alpha value is -1.02. The lowest BCUT2D eigenvalue weighted by Crippen LogP contribution is -2.00. The van der Waals surface area contributed by atoms with Crippen molar-refractivity contribution in [3.05, 3.63) is 29.8 Å². The largest absolute Gasteiger partial charge is 0.494 e. The molecule has 1 aromatic carbocycles. The molecule has 0 amide bonds. The molecular formula is C15H22O2. The first-order chi connectivity index (χ1) is 8.29. The Morgan fingerprint density at radius 2 is 2.00 bits per heavy atom. The summed E-state index contributed by atoms with van der Waals surface area (Å²) in [6, 6.07) is 7.88. The highest BCUT2D eigenvalue weighted by atomic mass is 16.5. The highest BCUT2D eigenvalue weighted by molar-refractivity contribution is 5.28. The van der Waals surface area contributed by atoms with Gasteiger partial charge in [-0.3, -0.25) is 0 Å². The maximum Gasteiger partial charge on any atom is 0.119 e. The lowest BCUT2D eigenvalue weighted by atomic mass is 10.0. The SMILES string of the molecule is CCCCOc1ccc(C(O)CC2CC2)cc1.